The highest BCUT2D eigenvalue weighted by atomic mass is 35.5. The normalized spacial score (nSPS) is 12.3. The molecular formula is C20H18ClNO. The van der Waals surface area contributed by atoms with Crippen molar-refractivity contribution in [2.24, 2.45) is 5.73 Å². The molecule has 0 amide bonds. The number of fused-ring (bicyclic) bond motifs is 1. The summed E-state index contributed by atoms with van der Waals surface area (Å²) >= 11 is 5.91. The summed E-state index contributed by atoms with van der Waals surface area (Å²) in [5, 5.41) is 2.98. The molecule has 0 aliphatic carbocycles. The van der Waals surface area contributed by atoms with Crippen molar-refractivity contribution in [1.29, 1.82) is 0 Å². The summed E-state index contributed by atoms with van der Waals surface area (Å²) in [6, 6.07) is 21.6. The van der Waals surface area contributed by atoms with Crippen molar-refractivity contribution < 1.29 is 4.79 Å². The van der Waals surface area contributed by atoms with E-state index in [2.05, 4.69) is 24.3 Å². The molecule has 0 bridgehead atoms. The van der Waals surface area contributed by atoms with Crippen molar-refractivity contribution in [1.82, 2.24) is 0 Å². The third-order valence-electron chi connectivity index (χ3n) is 4.09. The minimum Gasteiger partial charge on any atom is -0.329 e. The molecule has 1 atom stereocenters. The van der Waals surface area contributed by atoms with Crippen LogP contribution in [0.3, 0.4) is 0 Å². The van der Waals surface area contributed by atoms with Crippen LogP contribution in [0, 0.1) is 0 Å². The molecule has 2 N–H and O–H groups in total. The first-order chi connectivity index (χ1) is 11.2. The number of carbonyl (C=O) groups excluding carboxylic acids is 1. The van der Waals surface area contributed by atoms with Crippen LogP contribution < -0.4 is 5.73 Å². The predicted octanol–water partition coefficient (Wildman–Crippen LogP) is 4.35. The lowest BCUT2D eigenvalue weighted by molar-refractivity contribution is -0.119. The van der Waals surface area contributed by atoms with Crippen LogP contribution in [-0.2, 0) is 11.2 Å². The van der Waals surface area contributed by atoms with E-state index in [9.17, 15) is 4.79 Å². The van der Waals surface area contributed by atoms with Crippen molar-refractivity contribution in [2.75, 3.05) is 6.54 Å². The second kappa shape index (κ2) is 6.95. The van der Waals surface area contributed by atoms with Crippen molar-refractivity contribution in [3.63, 3.8) is 0 Å². The molecule has 0 heterocycles. The summed E-state index contributed by atoms with van der Waals surface area (Å²) in [4.78, 5) is 12.7. The zero-order valence-electron chi connectivity index (χ0n) is 12.7. The standard InChI is InChI=1S/C20H18ClNO/c21-18-9-7-16(8-10-18)19(13-22)20(23)12-14-5-6-15-3-1-2-4-17(15)11-14/h1-11,19H,12-13,22H2. The van der Waals surface area contributed by atoms with E-state index in [-0.39, 0.29) is 11.7 Å². The van der Waals surface area contributed by atoms with Gasteiger partial charge in [0.25, 0.3) is 0 Å². The topological polar surface area (TPSA) is 43.1 Å². The van der Waals surface area contributed by atoms with Gasteiger partial charge in [-0.2, -0.15) is 0 Å². The van der Waals surface area contributed by atoms with Crippen LogP contribution in [0.5, 0.6) is 0 Å². The highest BCUT2D eigenvalue weighted by molar-refractivity contribution is 6.30. The van der Waals surface area contributed by atoms with Crippen LogP contribution in [0.25, 0.3) is 10.8 Å². The zero-order chi connectivity index (χ0) is 16.2. The molecule has 0 saturated heterocycles. The van der Waals surface area contributed by atoms with Crippen molar-refractivity contribution in [2.45, 2.75) is 12.3 Å². The monoisotopic (exact) mass is 323 g/mol. The summed E-state index contributed by atoms with van der Waals surface area (Å²) in [6.07, 6.45) is 0.384. The molecule has 0 aliphatic heterocycles. The summed E-state index contributed by atoms with van der Waals surface area (Å²) < 4.78 is 0. The minimum absolute atomic E-state index is 0.130. The fourth-order valence-corrected chi connectivity index (χ4v) is 2.95. The van der Waals surface area contributed by atoms with Crippen LogP contribution in [0.2, 0.25) is 5.02 Å². The molecule has 0 aliphatic rings. The van der Waals surface area contributed by atoms with Crippen LogP contribution in [0.1, 0.15) is 17.0 Å². The van der Waals surface area contributed by atoms with Gasteiger partial charge in [0, 0.05) is 18.0 Å². The van der Waals surface area contributed by atoms with Crippen LogP contribution >= 0.6 is 11.6 Å². The minimum atomic E-state index is -0.293. The van der Waals surface area contributed by atoms with E-state index >= 15 is 0 Å². The number of ketones is 1. The molecule has 0 fully saturated rings. The molecule has 23 heavy (non-hydrogen) atoms. The third-order valence-corrected chi connectivity index (χ3v) is 4.34. The average Bonchev–Trinajstić information content (AvgIpc) is 2.57. The Hall–Kier alpha value is -2.16. The summed E-state index contributed by atoms with van der Waals surface area (Å²) in [5.41, 5.74) is 7.77. The molecule has 3 rings (SSSR count). The molecular weight excluding hydrogens is 306 g/mol. The lowest BCUT2D eigenvalue weighted by atomic mass is 9.90. The lowest BCUT2D eigenvalue weighted by Crippen LogP contribution is -2.23. The van der Waals surface area contributed by atoms with E-state index in [0.717, 1.165) is 16.5 Å². The molecule has 3 aromatic rings. The zero-order valence-corrected chi connectivity index (χ0v) is 13.5. The Labute approximate surface area is 140 Å². The second-order valence-electron chi connectivity index (χ2n) is 5.66. The Kier molecular flexibility index (Phi) is 4.75. The fourth-order valence-electron chi connectivity index (χ4n) is 2.82. The van der Waals surface area contributed by atoms with E-state index in [0.29, 0.717) is 18.0 Å². The molecule has 0 spiro atoms. The Balaban J connectivity index is 1.81. The first-order valence-electron chi connectivity index (χ1n) is 7.63. The SMILES string of the molecule is NCC(C(=O)Cc1ccc2ccccc2c1)c1ccc(Cl)cc1. The van der Waals surface area contributed by atoms with Gasteiger partial charge >= 0.3 is 0 Å². The van der Waals surface area contributed by atoms with Crippen LogP contribution in [0.4, 0.5) is 0 Å². The number of benzene rings is 3. The molecule has 3 aromatic carbocycles. The second-order valence-corrected chi connectivity index (χ2v) is 6.10. The molecule has 3 heteroatoms. The van der Waals surface area contributed by atoms with Crippen molar-refractivity contribution in [3.8, 4) is 0 Å². The molecule has 2 nitrogen and oxygen atoms in total. The maximum absolute atomic E-state index is 12.7. The van der Waals surface area contributed by atoms with Gasteiger partial charge in [0.2, 0.25) is 0 Å². The number of Topliss-reactive ketones (excluding diaryl/α,β-unsaturated/α-hetero) is 1. The van der Waals surface area contributed by atoms with Crippen LogP contribution in [-0.4, -0.2) is 12.3 Å². The average molecular weight is 324 g/mol. The Bertz CT molecular complexity index is 826. The number of carbonyl (C=O) groups is 1. The summed E-state index contributed by atoms with van der Waals surface area (Å²) in [5.74, 6) is -0.163. The first kappa shape index (κ1) is 15.7. The molecule has 0 aromatic heterocycles. The van der Waals surface area contributed by atoms with Gasteiger partial charge in [0.05, 0.1) is 5.92 Å². The Morgan fingerprint density at radius 3 is 2.35 bits per heavy atom. The van der Waals surface area contributed by atoms with Crippen molar-refractivity contribution in [3.05, 3.63) is 82.9 Å². The first-order valence-corrected chi connectivity index (χ1v) is 8.01. The summed E-state index contributed by atoms with van der Waals surface area (Å²) in [7, 11) is 0. The molecule has 116 valence electrons. The van der Waals surface area contributed by atoms with E-state index in [1.807, 2.05) is 30.3 Å². The summed E-state index contributed by atoms with van der Waals surface area (Å²) in [6.45, 7) is 0.300. The quantitative estimate of drug-likeness (QED) is 0.758. The Morgan fingerprint density at radius 2 is 1.65 bits per heavy atom. The molecule has 0 radical (unpaired) electrons. The maximum Gasteiger partial charge on any atom is 0.145 e. The van der Waals surface area contributed by atoms with Crippen molar-refractivity contribution >= 4 is 28.2 Å². The lowest BCUT2D eigenvalue weighted by Gasteiger charge is -2.14. The van der Waals surface area contributed by atoms with Gasteiger partial charge in [-0.25, -0.2) is 0 Å². The number of nitrogens with two attached hydrogens (primary N) is 1. The van der Waals surface area contributed by atoms with E-state index < -0.39 is 0 Å². The smallest absolute Gasteiger partial charge is 0.145 e. The number of halogens is 1. The van der Waals surface area contributed by atoms with E-state index in [1.165, 1.54) is 5.39 Å². The number of rotatable bonds is 5. The highest BCUT2D eigenvalue weighted by Gasteiger charge is 2.19. The third kappa shape index (κ3) is 3.61. The van der Waals surface area contributed by atoms with Gasteiger partial charge < -0.3 is 5.73 Å². The van der Waals surface area contributed by atoms with Gasteiger partial charge in [0.1, 0.15) is 5.78 Å². The van der Waals surface area contributed by atoms with Gasteiger partial charge in [-0.15, -0.1) is 0 Å². The number of hydrogen-bond acceptors (Lipinski definition) is 2. The maximum atomic E-state index is 12.7. The van der Waals surface area contributed by atoms with Gasteiger partial charge in [-0.3, -0.25) is 4.79 Å². The highest BCUT2D eigenvalue weighted by Crippen LogP contribution is 2.22. The van der Waals surface area contributed by atoms with E-state index in [4.69, 9.17) is 17.3 Å². The Morgan fingerprint density at radius 1 is 0.957 bits per heavy atom. The van der Waals surface area contributed by atoms with Gasteiger partial charge in [-0.1, -0.05) is 66.2 Å². The van der Waals surface area contributed by atoms with Crippen LogP contribution in [0.15, 0.2) is 66.7 Å². The fraction of sp³-hybridized carbons (Fsp3) is 0.150. The number of hydrogen-bond donors (Lipinski definition) is 1. The largest absolute Gasteiger partial charge is 0.329 e. The predicted molar refractivity (Wildman–Crippen MR) is 95.9 cm³/mol. The van der Waals surface area contributed by atoms with Gasteiger partial charge in [-0.05, 0) is 34.0 Å². The molecule has 0 saturated carbocycles. The van der Waals surface area contributed by atoms with Gasteiger partial charge in [0.15, 0.2) is 0 Å². The van der Waals surface area contributed by atoms with E-state index in [1.54, 1.807) is 12.1 Å². The molecule has 1 unspecified atom stereocenters.